The predicted molar refractivity (Wildman–Crippen MR) is 89.3 cm³/mol. The van der Waals surface area contributed by atoms with Crippen LogP contribution in [0.1, 0.15) is 52.4 Å². The second kappa shape index (κ2) is 6.53. The van der Waals surface area contributed by atoms with Gasteiger partial charge in [-0.2, -0.15) is 0 Å². The first-order chi connectivity index (χ1) is 9.82. The Hall–Kier alpha value is -0.810. The largest absolute Gasteiger partial charge is 0.377 e. The second-order valence-corrected chi connectivity index (χ2v) is 7.86. The molecule has 1 N–H and O–H groups in total. The van der Waals surface area contributed by atoms with E-state index in [2.05, 4.69) is 46.9 Å². The minimum absolute atomic E-state index is 0.0506. The molecule has 0 aromatic carbocycles. The third-order valence-corrected chi connectivity index (χ3v) is 5.23. The number of hydrogen-bond acceptors (Lipinski definition) is 5. The fourth-order valence-electron chi connectivity index (χ4n) is 2.30. The van der Waals surface area contributed by atoms with Crippen LogP contribution >= 0.6 is 11.8 Å². The first kappa shape index (κ1) is 16.6. The number of rotatable bonds is 4. The highest BCUT2D eigenvalue weighted by Gasteiger charge is 2.28. The van der Waals surface area contributed by atoms with Crippen molar-refractivity contribution in [2.75, 3.05) is 18.5 Å². The monoisotopic (exact) mass is 309 g/mol. The summed E-state index contributed by atoms with van der Waals surface area (Å²) in [4.78, 5) is 9.56. The van der Waals surface area contributed by atoms with Gasteiger partial charge in [0.1, 0.15) is 16.7 Å². The van der Waals surface area contributed by atoms with E-state index in [4.69, 9.17) is 14.7 Å². The molecule has 0 bridgehead atoms. The summed E-state index contributed by atoms with van der Waals surface area (Å²) >= 11 is 1.84. The molecule has 0 saturated carbocycles. The van der Waals surface area contributed by atoms with Gasteiger partial charge in [-0.05, 0) is 27.2 Å². The van der Waals surface area contributed by atoms with Gasteiger partial charge in [0.2, 0.25) is 0 Å². The maximum atomic E-state index is 5.67. The SMILES string of the molecule is CCNc1nc(C(C)(C)C)nc(SC2CCOC2C)c1C. The van der Waals surface area contributed by atoms with E-state index in [-0.39, 0.29) is 5.41 Å². The molecule has 0 aliphatic carbocycles. The molecule has 21 heavy (non-hydrogen) atoms. The molecule has 1 aliphatic heterocycles. The van der Waals surface area contributed by atoms with Gasteiger partial charge in [-0.15, -0.1) is 0 Å². The molecular formula is C16H27N3OS. The lowest BCUT2D eigenvalue weighted by Crippen LogP contribution is -2.20. The van der Waals surface area contributed by atoms with Crippen LogP contribution in [0.4, 0.5) is 5.82 Å². The van der Waals surface area contributed by atoms with Crippen LogP contribution in [0.15, 0.2) is 5.03 Å². The molecule has 1 aromatic rings. The van der Waals surface area contributed by atoms with Crippen molar-refractivity contribution in [2.24, 2.45) is 0 Å². The van der Waals surface area contributed by atoms with Gasteiger partial charge in [0.25, 0.3) is 0 Å². The van der Waals surface area contributed by atoms with Gasteiger partial charge in [-0.1, -0.05) is 32.5 Å². The third kappa shape index (κ3) is 3.89. The van der Waals surface area contributed by atoms with Crippen molar-refractivity contribution < 1.29 is 4.74 Å². The maximum Gasteiger partial charge on any atom is 0.137 e. The molecule has 0 amide bonds. The zero-order valence-electron chi connectivity index (χ0n) is 14.0. The zero-order chi connectivity index (χ0) is 15.6. The summed E-state index contributed by atoms with van der Waals surface area (Å²) in [6.07, 6.45) is 1.39. The van der Waals surface area contributed by atoms with Crippen LogP contribution in [0.3, 0.4) is 0 Å². The molecule has 0 radical (unpaired) electrons. The van der Waals surface area contributed by atoms with E-state index in [1.54, 1.807) is 0 Å². The quantitative estimate of drug-likeness (QED) is 0.858. The smallest absolute Gasteiger partial charge is 0.137 e. The van der Waals surface area contributed by atoms with Crippen LogP contribution in [0.25, 0.3) is 0 Å². The van der Waals surface area contributed by atoms with Crippen LogP contribution in [0.5, 0.6) is 0 Å². The van der Waals surface area contributed by atoms with Crippen molar-refractivity contribution in [1.29, 1.82) is 0 Å². The Morgan fingerprint density at radius 3 is 2.57 bits per heavy atom. The van der Waals surface area contributed by atoms with E-state index in [9.17, 15) is 0 Å². The number of nitrogens with zero attached hydrogens (tertiary/aromatic N) is 2. The Balaban J connectivity index is 2.35. The molecule has 0 spiro atoms. The van der Waals surface area contributed by atoms with Gasteiger partial charge in [-0.3, -0.25) is 0 Å². The van der Waals surface area contributed by atoms with Gasteiger partial charge in [-0.25, -0.2) is 9.97 Å². The van der Waals surface area contributed by atoms with Crippen LogP contribution in [0, 0.1) is 6.92 Å². The summed E-state index contributed by atoms with van der Waals surface area (Å²) in [5.41, 5.74) is 1.10. The Kier molecular flexibility index (Phi) is 5.15. The summed E-state index contributed by atoms with van der Waals surface area (Å²) in [7, 11) is 0. The van der Waals surface area contributed by atoms with Crippen LogP contribution < -0.4 is 5.32 Å². The fourth-order valence-corrected chi connectivity index (χ4v) is 3.48. The first-order valence-corrected chi connectivity index (χ1v) is 8.62. The van der Waals surface area contributed by atoms with E-state index in [0.717, 1.165) is 41.8 Å². The van der Waals surface area contributed by atoms with Crippen molar-refractivity contribution in [3.05, 3.63) is 11.4 Å². The molecule has 1 saturated heterocycles. The zero-order valence-corrected chi connectivity index (χ0v) is 14.8. The molecule has 118 valence electrons. The maximum absolute atomic E-state index is 5.67. The fraction of sp³-hybridized carbons (Fsp3) is 0.750. The normalized spacial score (nSPS) is 22.6. The van der Waals surface area contributed by atoms with E-state index in [0.29, 0.717) is 11.4 Å². The van der Waals surface area contributed by atoms with Gasteiger partial charge in [0, 0.05) is 29.4 Å². The lowest BCUT2D eigenvalue weighted by Gasteiger charge is -2.22. The first-order valence-electron chi connectivity index (χ1n) is 7.74. The Morgan fingerprint density at radius 1 is 1.33 bits per heavy atom. The Labute approximate surface area is 132 Å². The van der Waals surface area contributed by atoms with E-state index in [1.165, 1.54) is 0 Å². The molecule has 1 fully saturated rings. The van der Waals surface area contributed by atoms with Crippen molar-refractivity contribution >= 4 is 17.6 Å². The highest BCUT2D eigenvalue weighted by atomic mass is 32.2. The number of nitrogens with one attached hydrogen (secondary N) is 1. The average molecular weight is 309 g/mol. The van der Waals surface area contributed by atoms with Crippen LogP contribution in [-0.4, -0.2) is 34.5 Å². The van der Waals surface area contributed by atoms with Gasteiger partial charge >= 0.3 is 0 Å². The van der Waals surface area contributed by atoms with Gasteiger partial charge in [0.15, 0.2) is 0 Å². The van der Waals surface area contributed by atoms with Crippen LogP contribution in [-0.2, 0) is 10.2 Å². The molecular weight excluding hydrogens is 282 g/mol. The molecule has 2 heterocycles. The lowest BCUT2D eigenvalue weighted by molar-refractivity contribution is 0.127. The highest BCUT2D eigenvalue weighted by molar-refractivity contribution is 8.00. The van der Waals surface area contributed by atoms with Gasteiger partial charge in [0.05, 0.1) is 6.10 Å². The third-order valence-electron chi connectivity index (χ3n) is 3.69. The van der Waals surface area contributed by atoms with E-state index in [1.807, 2.05) is 11.8 Å². The number of thioether (sulfide) groups is 1. The van der Waals surface area contributed by atoms with Crippen molar-refractivity contribution in [1.82, 2.24) is 9.97 Å². The average Bonchev–Trinajstić information content (AvgIpc) is 2.78. The molecule has 1 aromatic heterocycles. The summed E-state index contributed by atoms with van der Waals surface area (Å²) in [6, 6.07) is 0. The van der Waals surface area contributed by atoms with E-state index < -0.39 is 0 Å². The molecule has 1 aliphatic rings. The second-order valence-electron chi connectivity index (χ2n) is 6.63. The number of aromatic nitrogens is 2. The van der Waals surface area contributed by atoms with Crippen molar-refractivity contribution in [3.8, 4) is 0 Å². The predicted octanol–water partition coefficient (Wildman–Crippen LogP) is 3.78. The molecule has 2 atom stereocenters. The summed E-state index contributed by atoms with van der Waals surface area (Å²) in [6.45, 7) is 14.5. The minimum Gasteiger partial charge on any atom is -0.377 e. The Morgan fingerprint density at radius 2 is 2.05 bits per heavy atom. The standard InChI is InChI=1S/C16H27N3OS/c1-7-17-13-10(2)14(19-15(18-13)16(4,5)6)21-12-8-9-20-11(12)3/h11-12H,7-9H2,1-6H3,(H,17,18,19). The number of ether oxygens (including phenoxy) is 1. The van der Waals surface area contributed by atoms with E-state index >= 15 is 0 Å². The number of hydrogen-bond donors (Lipinski definition) is 1. The van der Waals surface area contributed by atoms with Crippen molar-refractivity contribution in [3.63, 3.8) is 0 Å². The van der Waals surface area contributed by atoms with Crippen molar-refractivity contribution in [2.45, 2.75) is 69.8 Å². The topological polar surface area (TPSA) is 47.0 Å². The molecule has 4 nitrogen and oxygen atoms in total. The van der Waals surface area contributed by atoms with Crippen LogP contribution in [0.2, 0.25) is 0 Å². The van der Waals surface area contributed by atoms with Gasteiger partial charge < -0.3 is 10.1 Å². The molecule has 5 heteroatoms. The summed E-state index contributed by atoms with van der Waals surface area (Å²) in [5, 5.41) is 4.95. The molecule has 2 unspecified atom stereocenters. The summed E-state index contributed by atoms with van der Waals surface area (Å²) in [5.74, 6) is 1.87. The Bertz CT molecular complexity index is 499. The highest BCUT2D eigenvalue weighted by Crippen LogP contribution is 2.36. The minimum atomic E-state index is -0.0506. The number of anilines is 1. The molecule has 2 rings (SSSR count). The summed E-state index contributed by atoms with van der Waals surface area (Å²) < 4.78 is 5.67. The lowest BCUT2D eigenvalue weighted by atomic mass is 9.95.